The molecule has 0 bridgehead atoms. The Morgan fingerprint density at radius 2 is 2.29 bits per heavy atom. The Kier molecular flexibility index (Phi) is 5.77. The Bertz CT molecular complexity index is 753. The van der Waals surface area contributed by atoms with Crippen molar-refractivity contribution in [1.29, 1.82) is 5.26 Å². The van der Waals surface area contributed by atoms with Gasteiger partial charge in [-0.05, 0) is 32.4 Å². The second-order valence-corrected chi connectivity index (χ2v) is 6.39. The Labute approximate surface area is 145 Å². The zero-order chi connectivity index (χ0) is 17.6. The van der Waals surface area contributed by atoms with Gasteiger partial charge in [0.15, 0.2) is 6.61 Å². The highest BCUT2D eigenvalue weighted by Crippen LogP contribution is 2.27. The van der Waals surface area contributed by atoms with Crippen molar-refractivity contribution in [3.63, 3.8) is 0 Å². The lowest BCUT2D eigenvalue weighted by Gasteiger charge is -2.27. The largest absolute Gasteiger partial charge is 0.479 e. The molecule has 1 aromatic carbocycles. The van der Waals surface area contributed by atoms with Crippen LogP contribution in [0.1, 0.15) is 31.0 Å². The van der Waals surface area contributed by atoms with Crippen molar-refractivity contribution >= 4 is 23.1 Å². The van der Waals surface area contributed by atoms with E-state index in [1.54, 1.807) is 24.3 Å². The second-order valence-electron chi connectivity index (χ2n) is 5.53. The molecule has 126 valence electrons. The summed E-state index contributed by atoms with van der Waals surface area (Å²) in [6.45, 7) is 5.86. The number of urea groups is 1. The minimum absolute atomic E-state index is 0.0348. The molecule has 0 saturated carbocycles. The summed E-state index contributed by atoms with van der Waals surface area (Å²) < 4.78 is 5.23. The average Bonchev–Trinajstić information content (AvgIpc) is 3.00. The summed E-state index contributed by atoms with van der Waals surface area (Å²) in [6, 6.07) is 8.51. The molecule has 1 aromatic heterocycles. The number of carbonyl (C=O) groups excluding carboxylic acids is 1. The summed E-state index contributed by atoms with van der Waals surface area (Å²) in [5.41, 5.74) is 1.01. The van der Waals surface area contributed by atoms with E-state index in [9.17, 15) is 4.79 Å². The molecule has 1 atom stereocenters. The predicted molar refractivity (Wildman–Crippen MR) is 94.2 cm³/mol. The number of ether oxygens (including phenoxy) is 1. The van der Waals surface area contributed by atoms with Crippen molar-refractivity contribution in [3.05, 3.63) is 40.3 Å². The topological polar surface area (TPSA) is 87.0 Å². The standard InChI is InChI=1S/C17H20N4O2S/c1-4-17(3,15-19-12(2)11-24-15)21-16(22)20-13-6-5-7-14(10-13)23-9-8-18/h5-7,10-11H,4,9H2,1-3H3,(H2,20,21,22)/t17-/m0/s1. The number of nitrogens with zero attached hydrogens (tertiary/aromatic N) is 2. The SMILES string of the molecule is CC[C@](C)(NC(=O)Nc1cccc(OCC#N)c1)c1nc(C)cs1. The number of aryl methyl sites for hydroxylation is 1. The first-order valence-electron chi connectivity index (χ1n) is 7.58. The molecule has 0 aliphatic carbocycles. The van der Waals surface area contributed by atoms with Gasteiger partial charge in [0.05, 0.1) is 5.54 Å². The van der Waals surface area contributed by atoms with Gasteiger partial charge < -0.3 is 15.4 Å². The minimum atomic E-state index is -0.530. The first-order valence-corrected chi connectivity index (χ1v) is 8.46. The fraction of sp³-hybridized carbons (Fsp3) is 0.353. The maximum atomic E-state index is 12.4. The maximum absolute atomic E-state index is 12.4. The van der Waals surface area contributed by atoms with Crippen LogP contribution in [0.25, 0.3) is 0 Å². The van der Waals surface area contributed by atoms with Crippen molar-refractivity contribution in [1.82, 2.24) is 10.3 Å². The molecule has 2 N–H and O–H groups in total. The molecular weight excluding hydrogens is 324 g/mol. The van der Waals surface area contributed by atoms with Gasteiger partial charge in [-0.1, -0.05) is 13.0 Å². The highest BCUT2D eigenvalue weighted by molar-refractivity contribution is 7.09. The zero-order valence-electron chi connectivity index (χ0n) is 13.9. The van der Waals surface area contributed by atoms with Crippen LogP contribution in [-0.4, -0.2) is 17.6 Å². The van der Waals surface area contributed by atoms with Crippen LogP contribution < -0.4 is 15.4 Å². The van der Waals surface area contributed by atoms with E-state index in [2.05, 4.69) is 15.6 Å². The number of thiazole rings is 1. The van der Waals surface area contributed by atoms with Gasteiger partial charge in [0.1, 0.15) is 16.8 Å². The molecule has 24 heavy (non-hydrogen) atoms. The van der Waals surface area contributed by atoms with Crippen molar-refractivity contribution in [2.24, 2.45) is 0 Å². The van der Waals surface area contributed by atoms with E-state index in [1.165, 1.54) is 11.3 Å². The van der Waals surface area contributed by atoms with Crippen LogP contribution in [0.5, 0.6) is 5.75 Å². The van der Waals surface area contributed by atoms with Crippen LogP contribution in [-0.2, 0) is 5.54 Å². The second kappa shape index (κ2) is 7.79. The van der Waals surface area contributed by atoms with E-state index in [-0.39, 0.29) is 12.6 Å². The molecule has 6 nitrogen and oxygen atoms in total. The molecule has 0 spiro atoms. The van der Waals surface area contributed by atoms with Gasteiger partial charge >= 0.3 is 6.03 Å². The zero-order valence-corrected chi connectivity index (χ0v) is 14.7. The van der Waals surface area contributed by atoms with E-state index < -0.39 is 5.54 Å². The molecule has 0 aliphatic heterocycles. The number of anilines is 1. The third-order valence-corrected chi connectivity index (χ3v) is 4.81. The van der Waals surface area contributed by atoms with Gasteiger partial charge in [0.25, 0.3) is 0 Å². The van der Waals surface area contributed by atoms with Crippen molar-refractivity contribution in [3.8, 4) is 11.8 Å². The van der Waals surface area contributed by atoms with Crippen LogP contribution in [0.4, 0.5) is 10.5 Å². The van der Waals surface area contributed by atoms with E-state index in [0.717, 1.165) is 17.1 Å². The number of nitrogens with one attached hydrogen (secondary N) is 2. The summed E-state index contributed by atoms with van der Waals surface area (Å²) in [4.78, 5) is 16.8. The highest BCUT2D eigenvalue weighted by Gasteiger charge is 2.29. The Morgan fingerprint density at radius 3 is 2.92 bits per heavy atom. The fourth-order valence-electron chi connectivity index (χ4n) is 2.09. The molecule has 2 amide bonds. The Morgan fingerprint density at radius 1 is 1.50 bits per heavy atom. The van der Waals surface area contributed by atoms with Crippen molar-refractivity contribution in [2.75, 3.05) is 11.9 Å². The minimum Gasteiger partial charge on any atom is -0.479 e. The molecule has 2 aromatic rings. The number of aromatic nitrogens is 1. The summed E-state index contributed by atoms with van der Waals surface area (Å²) in [7, 11) is 0. The number of hydrogen-bond donors (Lipinski definition) is 2. The van der Waals surface area contributed by atoms with Crippen LogP contribution >= 0.6 is 11.3 Å². The fourth-order valence-corrected chi connectivity index (χ4v) is 3.08. The van der Waals surface area contributed by atoms with Gasteiger partial charge in [-0.25, -0.2) is 9.78 Å². The smallest absolute Gasteiger partial charge is 0.320 e. The summed E-state index contributed by atoms with van der Waals surface area (Å²) in [5.74, 6) is 0.531. The van der Waals surface area contributed by atoms with Gasteiger partial charge in [-0.3, -0.25) is 0 Å². The lowest BCUT2D eigenvalue weighted by atomic mass is 10.0. The van der Waals surface area contributed by atoms with Crippen LogP contribution in [0.2, 0.25) is 0 Å². The maximum Gasteiger partial charge on any atom is 0.320 e. The third-order valence-electron chi connectivity index (χ3n) is 3.58. The van der Waals surface area contributed by atoms with Crippen LogP contribution in [0.15, 0.2) is 29.6 Å². The van der Waals surface area contributed by atoms with Gasteiger partial charge in [0.2, 0.25) is 0 Å². The monoisotopic (exact) mass is 344 g/mol. The molecule has 0 radical (unpaired) electrons. The van der Waals surface area contributed by atoms with Crippen molar-refractivity contribution < 1.29 is 9.53 Å². The first-order chi connectivity index (χ1) is 11.5. The van der Waals surface area contributed by atoms with E-state index in [0.29, 0.717) is 11.4 Å². The van der Waals surface area contributed by atoms with Crippen LogP contribution in [0, 0.1) is 18.3 Å². The number of hydrogen-bond acceptors (Lipinski definition) is 5. The molecule has 0 fully saturated rings. The Balaban J connectivity index is 2.05. The molecule has 0 saturated heterocycles. The van der Waals surface area contributed by atoms with E-state index in [1.807, 2.05) is 32.2 Å². The third kappa shape index (κ3) is 4.46. The van der Waals surface area contributed by atoms with Crippen molar-refractivity contribution in [2.45, 2.75) is 32.7 Å². The first kappa shape index (κ1) is 17.8. The van der Waals surface area contributed by atoms with Gasteiger partial charge in [-0.2, -0.15) is 5.26 Å². The quantitative estimate of drug-likeness (QED) is 0.834. The lowest BCUT2D eigenvalue weighted by molar-refractivity contribution is 0.237. The van der Waals surface area contributed by atoms with E-state index in [4.69, 9.17) is 10.00 Å². The predicted octanol–water partition coefficient (Wildman–Crippen LogP) is 3.80. The number of rotatable bonds is 6. The Hall–Kier alpha value is -2.59. The molecule has 0 aliphatic rings. The normalized spacial score (nSPS) is 12.8. The molecule has 0 unspecified atom stereocenters. The molecule has 7 heteroatoms. The van der Waals surface area contributed by atoms with Gasteiger partial charge in [0, 0.05) is 22.8 Å². The summed E-state index contributed by atoms with van der Waals surface area (Å²) in [6.07, 6.45) is 0.721. The lowest BCUT2D eigenvalue weighted by Crippen LogP contribution is -2.45. The number of amides is 2. The summed E-state index contributed by atoms with van der Waals surface area (Å²) in [5, 5.41) is 17.2. The molecular formula is C17H20N4O2S. The molecule has 1 heterocycles. The number of carbonyl (C=O) groups is 1. The summed E-state index contributed by atoms with van der Waals surface area (Å²) >= 11 is 1.54. The van der Waals surface area contributed by atoms with Crippen LogP contribution in [0.3, 0.4) is 0 Å². The number of nitriles is 1. The average molecular weight is 344 g/mol. The van der Waals surface area contributed by atoms with Gasteiger partial charge in [-0.15, -0.1) is 11.3 Å². The molecule has 2 rings (SSSR count). The highest BCUT2D eigenvalue weighted by atomic mass is 32.1. The van der Waals surface area contributed by atoms with E-state index >= 15 is 0 Å². The number of benzene rings is 1.